The van der Waals surface area contributed by atoms with Crippen molar-refractivity contribution in [2.45, 2.75) is 284 Å². The third-order valence-electron chi connectivity index (χ3n) is 12.7. The van der Waals surface area contributed by atoms with Crippen molar-refractivity contribution < 1.29 is 28.6 Å². The number of carbonyl (C=O) groups is 3. The summed E-state index contributed by atoms with van der Waals surface area (Å²) in [5, 5.41) is 0. The van der Waals surface area contributed by atoms with Crippen molar-refractivity contribution in [3.05, 3.63) is 109 Å². The molecular formula is C67H112O6. The molecule has 0 saturated heterocycles. The van der Waals surface area contributed by atoms with Crippen LogP contribution in [0.4, 0.5) is 0 Å². The number of esters is 3. The Morgan fingerprint density at radius 1 is 0.288 bits per heavy atom. The Labute approximate surface area is 450 Å². The number of hydrogen-bond donors (Lipinski definition) is 0. The van der Waals surface area contributed by atoms with Gasteiger partial charge in [0.15, 0.2) is 6.10 Å². The van der Waals surface area contributed by atoms with E-state index in [0.717, 1.165) is 135 Å². The van der Waals surface area contributed by atoms with E-state index in [1.165, 1.54) is 103 Å². The van der Waals surface area contributed by atoms with Crippen molar-refractivity contribution in [1.29, 1.82) is 0 Å². The number of hydrogen-bond acceptors (Lipinski definition) is 6. The second-order valence-corrected chi connectivity index (χ2v) is 19.9. The lowest BCUT2D eigenvalue weighted by molar-refractivity contribution is -0.167. The van der Waals surface area contributed by atoms with Gasteiger partial charge in [0.25, 0.3) is 0 Å². The predicted octanol–water partition coefficient (Wildman–Crippen LogP) is 20.7. The summed E-state index contributed by atoms with van der Waals surface area (Å²) < 4.78 is 16.8. The molecule has 0 N–H and O–H groups in total. The van der Waals surface area contributed by atoms with Crippen LogP contribution in [0.1, 0.15) is 278 Å². The van der Waals surface area contributed by atoms with Gasteiger partial charge in [-0.15, -0.1) is 0 Å². The number of ether oxygens (including phenoxy) is 3. The van der Waals surface area contributed by atoms with Crippen molar-refractivity contribution >= 4 is 17.9 Å². The number of rotatable bonds is 54. The van der Waals surface area contributed by atoms with Gasteiger partial charge in [-0.25, -0.2) is 0 Å². The molecule has 0 amide bonds. The lowest BCUT2D eigenvalue weighted by Crippen LogP contribution is -2.30. The molecule has 0 aromatic carbocycles. The Morgan fingerprint density at radius 2 is 0.562 bits per heavy atom. The smallest absolute Gasteiger partial charge is 0.306 e. The maximum absolute atomic E-state index is 12.8. The largest absolute Gasteiger partial charge is 0.462 e. The summed E-state index contributed by atoms with van der Waals surface area (Å²) in [7, 11) is 0. The van der Waals surface area contributed by atoms with Crippen LogP contribution in [0.25, 0.3) is 0 Å². The highest BCUT2D eigenvalue weighted by molar-refractivity contribution is 5.71. The third-order valence-corrected chi connectivity index (χ3v) is 12.7. The van der Waals surface area contributed by atoms with Gasteiger partial charge in [0.05, 0.1) is 0 Å². The topological polar surface area (TPSA) is 78.9 Å². The summed E-state index contributed by atoms with van der Waals surface area (Å²) >= 11 is 0. The van der Waals surface area contributed by atoms with Gasteiger partial charge in [-0.2, -0.15) is 0 Å². The molecule has 6 heteroatoms. The van der Waals surface area contributed by atoms with E-state index in [4.69, 9.17) is 14.2 Å². The average molecular weight is 1010 g/mol. The molecule has 0 aliphatic carbocycles. The highest BCUT2D eigenvalue weighted by atomic mass is 16.6. The standard InChI is InChI=1S/C67H112O6/c1-4-7-10-13-16-18-20-22-23-24-25-26-27-28-29-30-31-32-33-34-35-36-37-38-39-40-41-42-43-45-46-48-51-54-57-60-66(69)72-63-64(62-71-65(68)59-56-53-50-15-12-9-6-3)73-67(70)61-58-55-52-49-47-44-21-19-17-14-11-8-5-2/h7,10-11,14,16,18-19,21-23,25-26,28-29,31-32,34-35,64H,4-6,8-9,12-13,15,17,20,24,27,30,33,36-63H2,1-3H3/b10-7-,14-11-,18-16-,21-19-,23-22-,26-25-,29-28-,32-31-,35-34-. The molecule has 0 spiro atoms. The zero-order chi connectivity index (χ0) is 52.9. The zero-order valence-corrected chi connectivity index (χ0v) is 47.6. The van der Waals surface area contributed by atoms with E-state index in [0.29, 0.717) is 19.3 Å². The maximum Gasteiger partial charge on any atom is 0.306 e. The first-order valence-electron chi connectivity index (χ1n) is 30.4. The summed E-state index contributed by atoms with van der Waals surface area (Å²) in [5.74, 6) is -0.902. The van der Waals surface area contributed by atoms with Crippen LogP contribution in [-0.4, -0.2) is 37.2 Å². The molecule has 0 aromatic rings. The molecule has 0 bridgehead atoms. The van der Waals surface area contributed by atoms with Crippen LogP contribution in [0.15, 0.2) is 109 Å². The lowest BCUT2D eigenvalue weighted by Gasteiger charge is -2.18. The normalized spacial score (nSPS) is 12.9. The van der Waals surface area contributed by atoms with Gasteiger partial charge >= 0.3 is 17.9 Å². The van der Waals surface area contributed by atoms with Crippen molar-refractivity contribution in [1.82, 2.24) is 0 Å². The maximum atomic E-state index is 12.8. The minimum Gasteiger partial charge on any atom is -0.462 e. The molecule has 416 valence electrons. The molecule has 73 heavy (non-hydrogen) atoms. The molecule has 0 aliphatic heterocycles. The van der Waals surface area contributed by atoms with Crippen molar-refractivity contribution in [3.8, 4) is 0 Å². The van der Waals surface area contributed by atoms with Crippen LogP contribution in [0, 0.1) is 0 Å². The zero-order valence-electron chi connectivity index (χ0n) is 47.6. The summed E-state index contributed by atoms with van der Waals surface area (Å²) in [6.45, 7) is 6.41. The highest BCUT2D eigenvalue weighted by Crippen LogP contribution is 2.15. The molecule has 0 radical (unpaired) electrons. The van der Waals surface area contributed by atoms with Gasteiger partial charge in [-0.05, 0) is 103 Å². The van der Waals surface area contributed by atoms with E-state index in [1.807, 2.05) is 0 Å². The second-order valence-electron chi connectivity index (χ2n) is 19.9. The molecule has 1 atom stereocenters. The molecule has 0 rings (SSSR count). The molecule has 0 saturated carbocycles. The Morgan fingerprint density at radius 3 is 0.890 bits per heavy atom. The van der Waals surface area contributed by atoms with Crippen LogP contribution in [0.2, 0.25) is 0 Å². The Hall–Kier alpha value is -3.93. The number of carbonyl (C=O) groups excluding carboxylic acids is 3. The van der Waals surface area contributed by atoms with Crippen LogP contribution in [0.5, 0.6) is 0 Å². The van der Waals surface area contributed by atoms with Gasteiger partial charge in [0.1, 0.15) is 13.2 Å². The minimum atomic E-state index is -0.781. The van der Waals surface area contributed by atoms with E-state index >= 15 is 0 Å². The van der Waals surface area contributed by atoms with Crippen molar-refractivity contribution in [2.75, 3.05) is 13.2 Å². The fraction of sp³-hybridized carbons (Fsp3) is 0.687. The van der Waals surface area contributed by atoms with E-state index in [9.17, 15) is 14.4 Å². The molecule has 0 aromatic heterocycles. The Bertz CT molecular complexity index is 1490. The molecule has 1 unspecified atom stereocenters. The SMILES string of the molecule is CC/C=C\C/C=C\C/C=C\C/C=C\C/C=C\C/C=C\C/C=C\CCCCCCCCCCCCCCCC(=O)OCC(COC(=O)CCCCCCCCC)OC(=O)CCCCCCC/C=C\C/C=C\CCC. The monoisotopic (exact) mass is 1010 g/mol. The summed E-state index contributed by atoms with van der Waals surface area (Å²) in [5.41, 5.74) is 0. The van der Waals surface area contributed by atoms with Gasteiger partial charge in [-0.3, -0.25) is 14.4 Å². The van der Waals surface area contributed by atoms with Gasteiger partial charge in [0, 0.05) is 19.3 Å². The molecule has 0 fully saturated rings. The second kappa shape index (κ2) is 60.6. The van der Waals surface area contributed by atoms with Gasteiger partial charge in [0.2, 0.25) is 0 Å². The third kappa shape index (κ3) is 58.8. The average Bonchev–Trinajstić information content (AvgIpc) is 3.39. The van der Waals surface area contributed by atoms with Crippen LogP contribution in [-0.2, 0) is 28.6 Å². The van der Waals surface area contributed by atoms with Crippen molar-refractivity contribution in [3.63, 3.8) is 0 Å². The lowest BCUT2D eigenvalue weighted by atomic mass is 10.0. The van der Waals surface area contributed by atoms with Crippen LogP contribution >= 0.6 is 0 Å². The molecule has 6 nitrogen and oxygen atoms in total. The number of allylic oxidation sites excluding steroid dienone is 18. The molecule has 0 aliphatic rings. The van der Waals surface area contributed by atoms with Crippen LogP contribution in [0.3, 0.4) is 0 Å². The minimum absolute atomic E-state index is 0.0820. The number of unbranched alkanes of at least 4 members (excludes halogenated alkanes) is 25. The predicted molar refractivity (Wildman–Crippen MR) is 316 cm³/mol. The Kier molecular flexibility index (Phi) is 57.4. The molecular weight excluding hydrogens is 901 g/mol. The highest BCUT2D eigenvalue weighted by Gasteiger charge is 2.19. The van der Waals surface area contributed by atoms with Crippen LogP contribution < -0.4 is 0 Å². The fourth-order valence-corrected chi connectivity index (χ4v) is 8.23. The molecule has 0 heterocycles. The fourth-order valence-electron chi connectivity index (χ4n) is 8.23. The van der Waals surface area contributed by atoms with Gasteiger partial charge < -0.3 is 14.2 Å². The van der Waals surface area contributed by atoms with Crippen molar-refractivity contribution in [2.24, 2.45) is 0 Å². The van der Waals surface area contributed by atoms with E-state index in [2.05, 4.69) is 130 Å². The first-order chi connectivity index (χ1) is 36.0. The quantitative estimate of drug-likeness (QED) is 0.0261. The van der Waals surface area contributed by atoms with E-state index in [1.54, 1.807) is 0 Å². The summed E-state index contributed by atoms with van der Waals surface area (Å²) in [6, 6.07) is 0. The first-order valence-corrected chi connectivity index (χ1v) is 30.4. The first kappa shape index (κ1) is 69.1. The Balaban J connectivity index is 4.03. The van der Waals surface area contributed by atoms with E-state index in [-0.39, 0.29) is 31.1 Å². The summed E-state index contributed by atoms with van der Waals surface area (Å²) in [6.07, 6.45) is 82.7. The van der Waals surface area contributed by atoms with E-state index < -0.39 is 6.10 Å². The van der Waals surface area contributed by atoms with Gasteiger partial charge in [-0.1, -0.05) is 265 Å². The summed E-state index contributed by atoms with van der Waals surface area (Å²) in [4.78, 5) is 37.9.